The monoisotopic (exact) mass is 321 g/mol. The molecule has 1 N–H and O–H groups in total. The highest BCUT2D eigenvalue weighted by molar-refractivity contribution is 5.88. The summed E-state index contributed by atoms with van der Waals surface area (Å²) in [5, 5.41) is 8.99. The minimum absolute atomic E-state index is 0.262. The molecule has 23 heavy (non-hydrogen) atoms. The smallest absolute Gasteiger partial charge is 0.323 e. The highest BCUT2D eigenvalue weighted by Gasteiger charge is 2.43. The van der Waals surface area contributed by atoms with Gasteiger partial charge in [0.25, 0.3) is 5.91 Å². The topological polar surface area (TPSA) is 76.1 Å². The Morgan fingerprint density at radius 3 is 2.48 bits per heavy atom. The number of hydrogen-bond donors (Lipinski definition) is 1. The van der Waals surface area contributed by atoms with Gasteiger partial charge in [0.05, 0.1) is 6.61 Å². The third-order valence-corrected chi connectivity index (χ3v) is 4.04. The number of carboxylic acids is 1. The fraction of sp³-hybridized carbons (Fsp3) is 0.529. The van der Waals surface area contributed by atoms with Crippen LogP contribution >= 0.6 is 0 Å². The maximum atomic E-state index is 12.9. The summed E-state index contributed by atoms with van der Waals surface area (Å²) in [6.45, 7) is 2.98. The molecule has 1 aromatic carbocycles. The van der Waals surface area contributed by atoms with Crippen molar-refractivity contribution in [2.24, 2.45) is 0 Å². The molecule has 0 spiro atoms. The number of ether oxygens (including phenoxy) is 2. The molecule has 0 atom stereocenters. The van der Waals surface area contributed by atoms with Gasteiger partial charge in [-0.15, -0.1) is 0 Å². The number of carboxylic acid groups (broad SMARTS) is 1. The Hall–Kier alpha value is -1.92. The highest BCUT2D eigenvalue weighted by Crippen LogP contribution is 2.29. The lowest BCUT2D eigenvalue weighted by Gasteiger charge is -2.38. The summed E-state index contributed by atoms with van der Waals surface area (Å²) in [7, 11) is 0. The van der Waals surface area contributed by atoms with Gasteiger partial charge in [-0.1, -0.05) is 30.3 Å². The first-order chi connectivity index (χ1) is 11.1. The fourth-order valence-corrected chi connectivity index (χ4v) is 2.70. The summed E-state index contributed by atoms with van der Waals surface area (Å²) in [5.74, 6) is -1.29. The molecule has 0 aromatic heterocycles. The molecule has 1 aliphatic rings. The fourth-order valence-electron chi connectivity index (χ4n) is 2.70. The van der Waals surface area contributed by atoms with E-state index in [1.165, 1.54) is 4.90 Å². The van der Waals surface area contributed by atoms with Gasteiger partial charge in [-0.05, 0) is 12.5 Å². The highest BCUT2D eigenvalue weighted by atomic mass is 16.5. The van der Waals surface area contributed by atoms with E-state index < -0.39 is 11.6 Å². The molecule has 0 saturated carbocycles. The summed E-state index contributed by atoms with van der Waals surface area (Å²) in [4.78, 5) is 25.2. The van der Waals surface area contributed by atoms with Crippen LogP contribution in [-0.2, 0) is 25.7 Å². The Balaban J connectivity index is 2.13. The van der Waals surface area contributed by atoms with Gasteiger partial charge < -0.3 is 19.5 Å². The number of hydrogen-bond acceptors (Lipinski definition) is 4. The molecule has 0 aliphatic carbocycles. The summed E-state index contributed by atoms with van der Waals surface area (Å²) < 4.78 is 11.4. The van der Waals surface area contributed by atoms with Crippen molar-refractivity contribution in [2.45, 2.75) is 32.0 Å². The van der Waals surface area contributed by atoms with Gasteiger partial charge in [0.15, 0.2) is 5.60 Å². The maximum absolute atomic E-state index is 12.9. The molecule has 1 aromatic rings. The van der Waals surface area contributed by atoms with Crippen molar-refractivity contribution in [1.82, 2.24) is 4.90 Å². The molecule has 1 fully saturated rings. The first kappa shape index (κ1) is 17.4. The number of amides is 1. The first-order valence-corrected chi connectivity index (χ1v) is 7.84. The van der Waals surface area contributed by atoms with Crippen LogP contribution in [0.2, 0.25) is 0 Å². The zero-order chi connectivity index (χ0) is 16.7. The third kappa shape index (κ3) is 4.53. The van der Waals surface area contributed by atoms with E-state index in [0.29, 0.717) is 39.2 Å². The molecule has 1 aliphatic heterocycles. The van der Waals surface area contributed by atoms with Crippen molar-refractivity contribution in [3.63, 3.8) is 0 Å². The van der Waals surface area contributed by atoms with E-state index in [2.05, 4.69) is 0 Å². The zero-order valence-electron chi connectivity index (χ0n) is 13.4. The number of carbonyl (C=O) groups excluding carboxylic acids is 1. The van der Waals surface area contributed by atoms with Crippen LogP contribution in [0.4, 0.5) is 0 Å². The molecule has 2 rings (SSSR count). The number of carbonyl (C=O) groups is 2. The maximum Gasteiger partial charge on any atom is 0.323 e. The number of benzene rings is 1. The van der Waals surface area contributed by atoms with Gasteiger partial charge in [-0.3, -0.25) is 9.59 Å². The second-order valence-corrected chi connectivity index (χ2v) is 5.59. The van der Waals surface area contributed by atoms with Gasteiger partial charge in [0.2, 0.25) is 0 Å². The molecule has 126 valence electrons. The van der Waals surface area contributed by atoms with Crippen molar-refractivity contribution in [2.75, 3.05) is 26.3 Å². The molecule has 1 amide bonds. The van der Waals surface area contributed by atoms with Gasteiger partial charge in [-0.25, -0.2) is 0 Å². The van der Waals surface area contributed by atoms with E-state index in [-0.39, 0.29) is 12.5 Å². The molecule has 0 radical (unpaired) electrons. The normalized spacial score (nSPS) is 16.7. The zero-order valence-corrected chi connectivity index (χ0v) is 13.4. The predicted molar refractivity (Wildman–Crippen MR) is 83.9 cm³/mol. The molecular formula is C17H23NO5. The standard InChI is InChI=1S/C17H23NO5/c1-2-18(12-15(19)20)16(21)17(8-10-22-11-9-17)23-13-14-6-4-3-5-7-14/h3-7H,2,8-13H2,1H3,(H,19,20). The van der Waals surface area contributed by atoms with Crippen molar-refractivity contribution < 1.29 is 24.2 Å². The van der Waals surface area contributed by atoms with Crippen LogP contribution in [-0.4, -0.2) is 53.8 Å². The Kier molecular flexibility index (Phi) is 6.12. The van der Waals surface area contributed by atoms with Gasteiger partial charge in [0.1, 0.15) is 6.54 Å². The number of nitrogens with zero attached hydrogens (tertiary/aromatic N) is 1. The van der Waals surface area contributed by atoms with E-state index in [4.69, 9.17) is 14.6 Å². The second kappa shape index (κ2) is 8.08. The second-order valence-electron chi connectivity index (χ2n) is 5.59. The van der Waals surface area contributed by atoms with E-state index in [1.54, 1.807) is 6.92 Å². The number of likely N-dealkylation sites (N-methyl/N-ethyl adjacent to an activating group) is 1. The van der Waals surface area contributed by atoms with Gasteiger partial charge in [-0.2, -0.15) is 0 Å². The van der Waals surface area contributed by atoms with E-state index in [9.17, 15) is 9.59 Å². The summed E-state index contributed by atoms with van der Waals surface area (Å²) in [6.07, 6.45) is 0.879. The molecule has 6 heteroatoms. The van der Waals surface area contributed by atoms with Gasteiger partial charge >= 0.3 is 5.97 Å². The first-order valence-electron chi connectivity index (χ1n) is 7.84. The van der Waals surface area contributed by atoms with Crippen LogP contribution in [0, 0.1) is 0 Å². The molecule has 0 unspecified atom stereocenters. The SMILES string of the molecule is CCN(CC(=O)O)C(=O)C1(OCc2ccccc2)CCOCC1. The van der Waals surface area contributed by atoms with Crippen LogP contribution in [0.25, 0.3) is 0 Å². The van der Waals surface area contributed by atoms with E-state index in [1.807, 2.05) is 30.3 Å². The Morgan fingerprint density at radius 1 is 1.26 bits per heavy atom. The van der Waals surface area contributed by atoms with Gasteiger partial charge in [0, 0.05) is 32.6 Å². The van der Waals surface area contributed by atoms with Crippen LogP contribution in [0.15, 0.2) is 30.3 Å². The lowest BCUT2D eigenvalue weighted by atomic mass is 9.92. The van der Waals surface area contributed by atoms with Crippen LogP contribution in [0.5, 0.6) is 0 Å². The van der Waals surface area contributed by atoms with E-state index >= 15 is 0 Å². The average Bonchev–Trinajstić information content (AvgIpc) is 2.59. The van der Waals surface area contributed by atoms with Crippen LogP contribution in [0.3, 0.4) is 0 Å². The minimum atomic E-state index is -1.02. The minimum Gasteiger partial charge on any atom is -0.480 e. The van der Waals surface area contributed by atoms with Crippen molar-refractivity contribution in [1.29, 1.82) is 0 Å². The van der Waals surface area contributed by atoms with Crippen molar-refractivity contribution in [3.8, 4) is 0 Å². The lowest BCUT2D eigenvalue weighted by molar-refractivity contribution is -0.175. The summed E-state index contributed by atoms with van der Waals surface area (Å²) >= 11 is 0. The third-order valence-electron chi connectivity index (χ3n) is 4.04. The lowest BCUT2D eigenvalue weighted by Crippen LogP contribution is -2.54. The molecule has 0 bridgehead atoms. The molecular weight excluding hydrogens is 298 g/mol. The molecule has 1 heterocycles. The Bertz CT molecular complexity index is 525. The number of aliphatic carboxylic acids is 1. The molecule has 6 nitrogen and oxygen atoms in total. The Labute approximate surface area is 136 Å². The summed E-state index contributed by atoms with van der Waals surface area (Å²) in [5.41, 5.74) is -0.0213. The van der Waals surface area contributed by atoms with Crippen LogP contribution < -0.4 is 0 Å². The predicted octanol–water partition coefficient (Wildman–Crippen LogP) is 1.69. The average molecular weight is 321 g/mol. The van der Waals surface area contributed by atoms with Crippen molar-refractivity contribution in [3.05, 3.63) is 35.9 Å². The number of rotatable bonds is 7. The summed E-state index contributed by atoms with van der Waals surface area (Å²) in [6, 6.07) is 9.63. The quantitative estimate of drug-likeness (QED) is 0.827. The van der Waals surface area contributed by atoms with Crippen LogP contribution in [0.1, 0.15) is 25.3 Å². The Morgan fingerprint density at radius 2 is 1.91 bits per heavy atom. The van der Waals surface area contributed by atoms with E-state index in [0.717, 1.165) is 5.56 Å². The molecule has 1 saturated heterocycles. The van der Waals surface area contributed by atoms with Crippen molar-refractivity contribution >= 4 is 11.9 Å². The largest absolute Gasteiger partial charge is 0.480 e.